The molecule has 0 bridgehead atoms. The molecule has 0 heterocycles. The van der Waals surface area contributed by atoms with Crippen molar-refractivity contribution in [2.24, 2.45) is 0 Å². The van der Waals surface area contributed by atoms with Gasteiger partial charge in [0.2, 0.25) is 5.91 Å². The Balaban J connectivity index is 3.07. The van der Waals surface area contributed by atoms with Crippen LogP contribution in [0, 0.1) is 0 Å². The van der Waals surface area contributed by atoms with Gasteiger partial charge >= 0.3 is 6.18 Å². The van der Waals surface area contributed by atoms with Crippen LogP contribution in [0.15, 0.2) is 30.3 Å². The van der Waals surface area contributed by atoms with Crippen molar-refractivity contribution < 1.29 is 18.0 Å². The van der Waals surface area contributed by atoms with Crippen molar-refractivity contribution >= 4 is 5.91 Å². The minimum atomic E-state index is -4.48. The lowest BCUT2D eigenvalue weighted by Crippen LogP contribution is -2.59. The maximum atomic E-state index is 13.2. The quantitative estimate of drug-likeness (QED) is 0.884. The maximum absolute atomic E-state index is 13.2. The molecule has 1 aromatic carbocycles. The van der Waals surface area contributed by atoms with Crippen molar-refractivity contribution in [1.82, 2.24) is 5.32 Å². The van der Waals surface area contributed by atoms with Gasteiger partial charge in [0.1, 0.15) is 5.54 Å². The molecule has 0 aromatic heterocycles. The average molecular weight is 259 g/mol. The van der Waals surface area contributed by atoms with Crippen LogP contribution < -0.4 is 5.32 Å². The molecule has 2 nitrogen and oxygen atoms in total. The van der Waals surface area contributed by atoms with Crippen molar-refractivity contribution in [3.63, 3.8) is 0 Å². The fourth-order valence-electron chi connectivity index (χ4n) is 1.91. The van der Waals surface area contributed by atoms with E-state index in [1.54, 1.807) is 30.3 Å². The summed E-state index contributed by atoms with van der Waals surface area (Å²) in [6.07, 6.45) is -4.94. The smallest absolute Gasteiger partial charge is 0.342 e. The van der Waals surface area contributed by atoms with E-state index in [1.807, 2.05) is 0 Å². The molecule has 1 amide bonds. The summed E-state index contributed by atoms with van der Waals surface area (Å²) in [7, 11) is 0. The van der Waals surface area contributed by atoms with Crippen molar-refractivity contribution in [3.05, 3.63) is 35.9 Å². The van der Waals surface area contributed by atoms with Crippen molar-refractivity contribution in [1.29, 1.82) is 0 Å². The molecule has 5 heteroatoms. The third-order valence-corrected chi connectivity index (χ3v) is 2.91. The molecule has 0 spiro atoms. The van der Waals surface area contributed by atoms with E-state index in [2.05, 4.69) is 5.32 Å². The predicted octanol–water partition coefficient (Wildman–Crippen LogP) is 3.08. The number of amides is 1. The summed E-state index contributed by atoms with van der Waals surface area (Å²) in [4.78, 5) is 11.0. The summed E-state index contributed by atoms with van der Waals surface area (Å²) in [6, 6.07) is 8.35. The van der Waals surface area contributed by atoms with Gasteiger partial charge in [-0.05, 0) is 12.0 Å². The average Bonchev–Trinajstić information content (AvgIpc) is 2.27. The molecular formula is C13H16F3NO. The second-order valence-electron chi connectivity index (χ2n) is 4.28. The first-order valence-corrected chi connectivity index (χ1v) is 5.70. The Bertz CT molecular complexity index is 402. The fraction of sp³-hybridized carbons (Fsp3) is 0.462. The van der Waals surface area contributed by atoms with Crippen LogP contribution in [0.2, 0.25) is 0 Å². The van der Waals surface area contributed by atoms with Crippen LogP contribution in [0.25, 0.3) is 0 Å². The van der Waals surface area contributed by atoms with Crippen LogP contribution in [0.5, 0.6) is 0 Å². The van der Waals surface area contributed by atoms with Gasteiger partial charge < -0.3 is 5.32 Å². The molecule has 0 saturated heterocycles. The maximum Gasteiger partial charge on any atom is 0.411 e. The van der Waals surface area contributed by atoms with E-state index in [-0.39, 0.29) is 12.8 Å². The summed E-state index contributed by atoms with van der Waals surface area (Å²) in [6.45, 7) is 2.52. The molecule has 0 fully saturated rings. The number of rotatable bonds is 4. The molecule has 1 atom stereocenters. The second-order valence-corrected chi connectivity index (χ2v) is 4.28. The molecule has 0 saturated carbocycles. The first-order chi connectivity index (χ1) is 8.31. The normalized spacial score (nSPS) is 14.9. The van der Waals surface area contributed by atoms with Gasteiger partial charge in [-0.15, -0.1) is 0 Å². The van der Waals surface area contributed by atoms with E-state index in [1.165, 1.54) is 6.92 Å². The Hall–Kier alpha value is -1.52. The molecule has 1 rings (SSSR count). The van der Waals surface area contributed by atoms with E-state index in [4.69, 9.17) is 0 Å². The monoisotopic (exact) mass is 259 g/mol. The number of carbonyl (C=O) groups excluding carboxylic acids is 1. The highest BCUT2D eigenvalue weighted by atomic mass is 19.4. The highest BCUT2D eigenvalue weighted by Gasteiger charge is 2.53. The van der Waals surface area contributed by atoms with Crippen molar-refractivity contribution in [2.75, 3.05) is 0 Å². The topological polar surface area (TPSA) is 29.1 Å². The zero-order chi connectivity index (χ0) is 13.8. The van der Waals surface area contributed by atoms with Gasteiger partial charge in [0.25, 0.3) is 0 Å². The SMILES string of the molecule is CCC(Cc1ccccc1)(NC(C)=O)C(F)(F)F. The van der Waals surface area contributed by atoms with Gasteiger partial charge in [0.15, 0.2) is 0 Å². The van der Waals surface area contributed by atoms with E-state index >= 15 is 0 Å². The van der Waals surface area contributed by atoms with Crippen LogP contribution in [0.3, 0.4) is 0 Å². The molecule has 0 radical (unpaired) electrons. The van der Waals surface area contributed by atoms with Crippen molar-refractivity contribution in [3.8, 4) is 0 Å². The number of benzene rings is 1. The first-order valence-electron chi connectivity index (χ1n) is 5.70. The lowest BCUT2D eigenvalue weighted by atomic mass is 9.87. The molecule has 1 unspecified atom stereocenters. The number of alkyl halides is 3. The zero-order valence-corrected chi connectivity index (χ0v) is 10.3. The van der Waals surface area contributed by atoms with E-state index in [0.29, 0.717) is 5.56 Å². The molecule has 0 aliphatic rings. The number of carbonyl (C=O) groups is 1. The number of nitrogens with one attached hydrogen (secondary N) is 1. The Morgan fingerprint density at radius 1 is 1.22 bits per heavy atom. The summed E-state index contributed by atoms with van der Waals surface area (Å²) < 4.78 is 39.6. The Morgan fingerprint density at radius 2 is 1.78 bits per heavy atom. The largest absolute Gasteiger partial charge is 0.411 e. The molecule has 18 heavy (non-hydrogen) atoms. The standard InChI is InChI=1S/C13H16F3NO/c1-3-12(13(14,15)16,17-10(2)18)9-11-7-5-4-6-8-11/h4-8H,3,9H2,1-2H3,(H,17,18). The van der Waals surface area contributed by atoms with Crippen molar-refractivity contribution in [2.45, 2.75) is 38.4 Å². The van der Waals surface area contributed by atoms with Crippen LogP contribution >= 0.6 is 0 Å². The number of hydrogen-bond acceptors (Lipinski definition) is 1. The van der Waals surface area contributed by atoms with E-state index in [9.17, 15) is 18.0 Å². The van der Waals surface area contributed by atoms with E-state index in [0.717, 1.165) is 6.92 Å². The van der Waals surface area contributed by atoms with Crippen LogP contribution in [-0.2, 0) is 11.2 Å². The summed E-state index contributed by atoms with van der Waals surface area (Å²) in [5.74, 6) is -0.676. The molecule has 1 N–H and O–H groups in total. The predicted molar refractivity (Wildman–Crippen MR) is 63.0 cm³/mol. The first kappa shape index (κ1) is 14.5. The summed E-state index contributed by atoms with van der Waals surface area (Å²) in [5.41, 5.74) is -1.65. The van der Waals surface area contributed by atoms with Gasteiger partial charge in [-0.1, -0.05) is 37.3 Å². The highest BCUT2D eigenvalue weighted by molar-refractivity contribution is 5.74. The molecule has 1 aromatic rings. The Morgan fingerprint density at radius 3 is 2.17 bits per heavy atom. The zero-order valence-electron chi connectivity index (χ0n) is 10.3. The minimum Gasteiger partial charge on any atom is -0.342 e. The molecule has 0 aliphatic heterocycles. The third-order valence-electron chi connectivity index (χ3n) is 2.91. The van der Waals surface area contributed by atoms with Gasteiger partial charge in [-0.25, -0.2) is 0 Å². The summed E-state index contributed by atoms with van der Waals surface area (Å²) in [5, 5.41) is 2.07. The Labute approximate surface area is 104 Å². The highest BCUT2D eigenvalue weighted by Crippen LogP contribution is 2.36. The van der Waals surface area contributed by atoms with E-state index < -0.39 is 17.6 Å². The third kappa shape index (κ3) is 3.24. The van der Waals surface area contributed by atoms with Gasteiger partial charge in [0, 0.05) is 13.3 Å². The minimum absolute atomic E-state index is 0.203. The van der Waals surface area contributed by atoms with Gasteiger partial charge in [-0.2, -0.15) is 13.2 Å². The molecule has 0 aliphatic carbocycles. The fourth-order valence-corrected chi connectivity index (χ4v) is 1.91. The van der Waals surface area contributed by atoms with Crippen LogP contribution in [0.1, 0.15) is 25.8 Å². The Kier molecular flexibility index (Phi) is 4.38. The van der Waals surface area contributed by atoms with Crippen LogP contribution in [-0.4, -0.2) is 17.6 Å². The van der Waals surface area contributed by atoms with Crippen LogP contribution in [0.4, 0.5) is 13.2 Å². The second kappa shape index (κ2) is 5.42. The number of hydrogen-bond donors (Lipinski definition) is 1. The molecular weight excluding hydrogens is 243 g/mol. The lowest BCUT2D eigenvalue weighted by Gasteiger charge is -2.35. The van der Waals surface area contributed by atoms with Gasteiger partial charge in [0.05, 0.1) is 0 Å². The van der Waals surface area contributed by atoms with Gasteiger partial charge in [-0.3, -0.25) is 4.79 Å². The lowest BCUT2D eigenvalue weighted by molar-refractivity contribution is -0.199. The summed E-state index contributed by atoms with van der Waals surface area (Å²) >= 11 is 0. The number of halogens is 3. The molecule has 100 valence electrons.